The quantitative estimate of drug-likeness (QED) is 0.0945. The molecule has 0 saturated carbocycles. The Bertz CT molecular complexity index is 766. The number of hydrogen-bond donors (Lipinski definition) is 1. The molecule has 244 valence electrons. The van der Waals surface area contributed by atoms with Crippen LogP contribution in [0.25, 0.3) is 0 Å². The Labute approximate surface area is 257 Å². The first-order chi connectivity index (χ1) is 18.7. The van der Waals surface area contributed by atoms with Crippen LogP contribution in [-0.4, -0.2) is 58.0 Å². The molecule has 5 nitrogen and oxygen atoms in total. The summed E-state index contributed by atoms with van der Waals surface area (Å²) in [6.45, 7) is 31.0. The minimum absolute atomic E-state index is 0.0153. The molecule has 1 N–H and O–H groups in total. The smallest absolute Gasteiger partial charge is 0.193 e. The van der Waals surface area contributed by atoms with Crippen molar-refractivity contribution in [2.24, 2.45) is 0 Å². The van der Waals surface area contributed by atoms with Crippen LogP contribution < -0.4 is 0 Å². The van der Waals surface area contributed by atoms with E-state index in [2.05, 4.69) is 86.8 Å². The SMILES string of the molecule is CCCCCCCCCCC=C[C@H](O[Si](C)(C)C(C)(C)C)[C@H](O[Si](C)(C)C(C)(C)C)[C@H]1OC(C)(C)O[C@H]1[C@H](O)CC. The van der Waals surface area contributed by atoms with Crippen LogP contribution in [0.15, 0.2) is 12.2 Å². The van der Waals surface area contributed by atoms with Crippen LogP contribution in [0.5, 0.6) is 0 Å². The summed E-state index contributed by atoms with van der Waals surface area (Å²) in [7, 11) is -4.40. The zero-order valence-corrected chi connectivity index (χ0v) is 31.7. The third-order valence-electron chi connectivity index (χ3n) is 9.63. The number of aliphatic hydroxyl groups is 1. The normalized spacial score (nSPS) is 22.8. The number of rotatable bonds is 18. The lowest BCUT2D eigenvalue weighted by molar-refractivity contribution is -0.162. The van der Waals surface area contributed by atoms with Gasteiger partial charge in [-0.25, -0.2) is 0 Å². The Hall–Kier alpha value is -0.0262. The average Bonchev–Trinajstić information content (AvgIpc) is 3.16. The second-order valence-corrected chi connectivity index (χ2v) is 25.4. The van der Waals surface area contributed by atoms with Crippen molar-refractivity contribution in [3.63, 3.8) is 0 Å². The van der Waals surface area contributed by atoms with Gasteiger partial charge in [-0.3, -0.25) is 0 Å². The van der Waals surface area contributed by atoms with E-state index in [4.69, 9.17) is 18.3 Å². The second-order valence-electron chi connectivity index (χ2n) is 15.9. The molecule has 0 bridgehead atoms. The van der Waals surface area contributed by atoms with Gasteiger partial charge in [0.15, 0.2) is 22.4 Å². The number of unbranched alkanes of at least 4 members (excludes halogenated alkanes) is 8. The topological polar surface area (TPSA) is 57.2 Å². The molecular weight excluding hydrogens is 545 g/mol. The molecule has 1 heterocycles. The number of ether oxygens (including phenoxy) is 2. The molecule has 41 heavy (non-hydrogen) atoms. The second kappa shape index (κ2) is 16.3. The van der Waals surface area contributed by atoms with E-state index in [0.29, 0.717) is 6.42 Å². The summed E-state index contributed by atoms with van der Waals surface area (Å²) in [6.07, 6.45) is 14.5. The molecule has 5 atom stereocenters. The molecule has 1 saturated heterocycles. The number of aliphatic hydroxyl groups excluding tert-OH is 1. The predicted molar refractivity (Wildman–Crippen MR) is 181 cm³/mol. The molecular formula is C34H70O5Si2. The molecule has 0 unspecified atom stereocenters. The Kier molecular flexibility index (Phi) is 15.5. The summed E-state index contributed by atoms with van der Waals surface area (Å²) in [5.74, 6) is -0.803. The molecule has 0 radical (unpaired) electrons. The van der Waals surface area contributed by atoms with E-state index in [-0.39, 0.29) is 22.3 Å². The van der Waals surface area contributed by atoms with Crippen molar-refractivity contribution in [2.45, 2.75) is 206 Å². The Morgan fingerprint density at radius 1 is 0.756 bits per heavy atom. The van der Waals surface area contributed by atoms with Crippen LogP contribution in [0.4, 0.5) is 0 Å². The van der Waals surface area contributed by atoms with Crippen LogP contribution in [0.3, 0.4) is 0 Å². The van der Waals surface area contributed by atoms with E-state index in [1.165, 1.54) is 51.4 Å². The molecule has 0 aliphatic carbocycles. The van der Waals surface area contributed by atoms with E-state index in [1.807, 2.05) is 20.8 Å². The van der Waals surface area contributed by atoms with Crippen LogP contribution in [0.1, 0.15) is 133 Å². The molecule has 0 spiro atoms. The molecule has 0 amide bonds. The van der Waals surface area contributed by atoms with E-state index in [9.17, 15) is 5.11 Å². The van der Waals surface area contributed by atoms with E-state index < -0.39 is 40.7 Å². The van der Waals surface area contributed by atoms with Gasteiger partial charge >= 0.3 is 0 Å². The third-order valence-corrected chi connectivity index (χ3v) is 18.6. The van der Waals surface area contributed by atoms with E-state index in [1.54, 1.807) is 0 Å². The van der Waals surface area contributed by atoms with Crippen molar-refractivity contribution in [1.29, 1.82) is 0 Å². The third kappa shape index (κ3) is 12.5. The van der Waals surface area contributed by atoms with Gasteiger partial charge in [0.05, 0.1) is 12.2 Å². The van der Waals surface area contributed by atoms with Crippen molar-refractivity contribution < 1.29 is 23.4 Å². The lowest BCUT2D eigenvalue weighted by Crippen LogP contribution is -2.57. The molecule has 0 aromatic carbocycles. The Morgan fingerprint density at radius 2 is 1.22 bits per heavy atom. The van der Waals surface area contributed by atoms with Crippen molar-refractivity contribution in [3.05, 3.63) is 12.2 Å². The highest BCUT2D eigenvalue weighted by atomic mass is 28.4. The molecule has 1 fully saturated rings. The van der Waals surface area contributed by atoms with Crippen LogP contribution in [-0.2, 0) is 18.3 Å². The van der Waals surface area contributed by atoms with Crippen molar-refractivity contribution >= 4 is 16.6 Å². The fraction of sp³-hybridized carbons (Fsp3) is 0.941. The molecule has 1 rings (SSSR count). The maximum Gasteiger partial charge on any atom is 0.193 e. The largest absolute Gasteiger partial charge is 0.408 e. The van der Waals surface area contributed by atoms with Crippen LogP contribution in [0, 0.1) is 0 Å². The first-order valence-corrected chi connectivity index (χ1v) is 22.6. The standard InChI is InChI=1S/C34H70O5Si2/c1-15-17-18-19-20-21-22-23-24-25-26-28(38-40(11,12)32(3,4)5)30(39-41(13,14)33(6,7)8)31-29(27(35)16-2)36-34(9,10)37-31/h25-31,35H,15-24H2,1-14H3/t27-,28+,29+,30+,31+/m1/s1. The van der Waals surface area contributed by atoms with Crippen molar-refractivity contribution in [1.82, 2.24) is 0 Å². The lowest BCUT2D eigenvalue weighted by Gasteiger charge is -2.46. The van der Waals surface area contributed by atoms with Gasteiger partial charge in [-0.05, 0) is 69.4 Å². The van der Waals surface area contributed by atoms with Gasteiger partial charge < -0.3 is 23.4 Å². The maximum atomic E-state index is 11.1. The predicted octanol–water partition coefficient (Wildman–Crippen LogP) is 10.1. The summed E-state index contributed by atoms with van der Waals surface area (Å²) in [5, 5.41) is 11.1. The molecule has 0 aromatic rings. The summed E-state index contributed by atoms with van der Waals surface area (Å²) in [6, 6.07) is 0. The van der Waals surface area contributed by atoms with Gasteiger partial charge in [0.25, 0.3) is 0 Å². The minimum Gasteiger partial charge on any atom is -0.408 e. The monoisotopic (exact) mass is 614 g/mol. The summed E-state index contributed by atoms with van der Waals surface area (Å²) in [4.78, 5) is 0. The van der Waals surface area contributed by atoms with Crippen molar-refractivity contribution in [3.8, 4) is 0 Å². The van der Waals surface area contributed by atoms with Gasteiger partial charge in [-0.1, -0.05) is 112 Å². The van der Waals surface area contributed by atoms with Gasteiger partial charge in [0.1, 0.15) is 18.3 Å². The van der Waals surface area contributed by atoms with Gasteiger partial charge in [-0.15, -0.1) is 0 Å². The van der Waals surface area contributed by atoms with E-state index in [0.717, 1.165) is 6.42 Å². The van der Waals surface area contributed by atoms with Crippen molar-refractivity contribution in [2.75, 3.05) is 0 Å². The summed E-state index contributed by atoms with van der Waals surface area (Å²) >= 11 is 0. The fourth-order valence-corrected chi connectivity index (χ4v) is 7.35. The lowest BCUT2D eigenvalue weighted by atomic mass is 9.97. The number of allylic oxidation sites excluding steroid dienone is 1. The molecule has 0 aromatic heterocycles. The Morgan fingerprint density at radius 3 is 1.71 bits per heavy atom. The average molecular weight is 615 g/mol. The van der Waals surface area contributed by atoms with Crippen LogP contribution >= 0.6 is 0 Å². The highest BCUT2D eigenvalue weighted by Crippen LogP contribution is 2.44. The van der Waals surface area contributed by atoms with Crippen LogP contribution in [0.2, 0.25) is 36.3 Å². The fourth-order valence-electron chi connectivity index (χ4n) is 4.80. The zero-order valence-electron chi connectivity index (χ0n) is 29.7. The molecule has 1 aliphatic rings. The zero-order chi connectivity index (χ0) is 31.7. The first-order valence-electron chi connectivity index (χ1n) is 16.7. The maximum absolute atomic E-state index is 11.1. The minimum atomic E-state index is -2.24. The molecule has 1 aliphatic heterocycles. The number of hydrogen-bond acceptors (Lipinski definition) is 5. The summed E-state index contributed by atoms with van der Waals surface area (Å²) < 4.78 is 27.4. The highest BCUT2D eigenvalue weighted by Gasteiger charge is 2.54. The summed E-state index contributed by atoms with van der Waals surface area (Å²) in [5.41, 5.74) is 0. The molecule has 7 heteroatoms. The van der Waals surface area contributed by atoms with Gasteiger partial charge in [0, 0.05) is 0 Å². The van der Waals surface area contributed by atoms with Gasteiger partial charge in [0.2, 0.25) is 0 Å². The van der Waals surface area contributed by atoms with Gasteiger partial charge in [-0.2, -0.15) is 0 Å². The highest BCUT2D eigenvalue weighted by molar-refractivity contribution is 6.74. The van der Waals surface area contributed by atoms with E-state index >= 15 is 0 Å². The Balaban J connectivity index is 3.35. The first kappa shape index (κ1) is 39.0.